The number of methoxy groups -OCH3 is 1. The number of carbonyl (C=O) groups excluding carboxylic acids is 1. The topological polar surface area (TPSA) is 73.2 Å². The summed E-state index contributed by atoms with van der Waals surface area (Å²) in [6, 6.07) is 8.65. The maximum absolute atomic E-state index is 12.7. The first kappa shape index (κ1) is 21.1. The van der Waals surface area contributed by atoms with Crippen molar-refractivity contribution in [3.8, 4) is 5.75 Å². The molecule has 0 aliphatic heterocycles. The number of amides is 1. The van der Waals surface area contributed by atoms with E-state index in [-0.39, 0.29) is 28.3 Å². The van der Waals surface area contributed by atoms with E-state index in [9.17, 15) is 9.59 Å². The molecule has 152 valence electrons. The predicted molar refractivity (Wildman–Crippen MR) is 116 cm³/mol. The molecule has 3 aromatic rings. The predicted octanol–water partition coefficient (Wildman–Crippen LogP) is 4.65. The van der Waals surface area contributed by atoms with Crippen molar-refractivity contribution < 1.29 is 9.53 Å². The molecule has 0 bridgehead atoms. The summed E-state index contributed by atoms with van der Waals surface area (Å²) in [5, 5.41) is 3.68. The van der Waals surface area contributed by atoms with E-state index in [2.05, 4.69) is 31.1 Å². The number of anilines is 1. The highest BCUT2D eigenvalue weighted by Gasteiger charge is 2.18. The van der Waals surface area contributed by atoms with Crippen LogP contribution in [0.3, 0.4) is 0 Å². The highest BCUT2D eigenvalue weighted by atomic mass is 35.5. The third-order valence-corrected chi connectivity index (χ3v) is 5.01. The normalized spacial score (nSPS) is 11.5. The van der Waals surface area contributed by atoms with Gasteiger partial charge in [-0.05, 0) is 35.2 Å². The van der Waals surface area contributed by atoms with Crippen molar-refractivity contribution in [1.29, 1.82) is 0 Å². The van der Waals surface area contributed by atoms with Crippen LogP contribution in [0.2, 0.25) is 10.0 Å². The lowest BCUT2D eigenvalue weighted by Crippen LogP contribution is -2.28. The van der Waals surface area contributed by atoms with Crippen molar-refractivity contribution in [1.82, 2.24) is 9.55 Å². The number of halogens is 2. The van der Waals surface area contributed by atoms with Gasteiger partial charge in [-0.2, -0.15) is 0 Å². The molecule has 0 saturated heterocycles. The molecule has 8 heteroatoms. The second kappa shape index (κ2) is 8.05. The standard InChI is InChI=1S/C21H21Cl2N3O3/c1-21(2,3)12-5-6-17(29-4)16(7-12)25-18(27)10-26-11-24-19-14(20(26)28)8-13(22)9-15(19)23/h5-9,11H,10H2,1-4H3,(H,25,27). The number of hydrogen-bond donors (Lipinski definition) is 1. The Balaban J connectivity index is 1.90. The molecule has 6 nitrogen and oxygen atoms in total. The molecule has 1 N–H and O–H groups in total. The minimum Gasteiger partial charge on any atom is -0.495 e. The van der Waals surface area contributed by atoms with Crippen LogP contribution in [-0.4, -0.2) is 22.6 Å². The van der Waals surface area contributed by atoms with Crippen LogP contribution in [0.15, 0.2) is 41.5 Å². The molecule has 0 fully saturated rings. The SMILES string of the molecule is COc1ccc(C(C)(C)C)cc1NC(=O)Cn1cnc2c(Cl)cc(Cl)cc2c1=O. The van der Waals surface area contributed by atoms with Crippen LogP contribution in [0, 0.1) is 0 Å². The Bertz CT molecular complexity index is 1150. The molecule has 3 rings (SSSR count). The van der Waals surface area contributed by atoms with Gasteiger partial charge in [-0.15, -0.1) is 0 Å². The molecule has 0 saturated carbocycles. The van der Waals surface area contributed by atoms with E-state index < -0.39 is 5.56 Å². The number of nitrogens with one attached hydrogen (secondary N) is 1. The van der Waals surface area contributed by atoms with Gasteiger partial charge in [0.1, 0.15) is 12.3 Å². The van der Waals surface area contributed by atoms with Crippen LogP contribution < -0.4 is 15.6 Å². The minimum atomic E-state index is -0.398. The van der Waals surface area contributed by atoms with Crippen LogP contribution >= 0.6 is 23.2 Å². The summed E-state index contributed by atoms with van der Waals surface area (Å²) < 4.78 is 6.56. The molecular weight excluding hydrogens is 413 g/mol. The van der Waals surface area contributed by atoms with Gasteiger partial charge in [0.05, 0.1) is 35.1 Å². The Morgan fingerprint density at radius 3 is 2.59 bits per heavy atom. The summed E-state index contributed by atoms with van der Waals surface area (Å²) in [4.78, 5) is 29.5. The fraction of sp³-hybridized carbons (Fsp3) is 0.286. The maximum Gasteiger partial charge on any atom is 0.261 e. The Hall–Kier alpha value is -2.57. The number of rotatable bonds is 4. The summed E-state index contributed by atoms with van der Waals surface area (Å²) in [6.07, 6.45) is 1.30. The Morgan fingerprint density at radius 2 is 1.93 bits per heavy atom. The smallest absolute Gasteiger partial charge is 0.261 e. The Kier molecular flexibility index (Phi) is 5.87. The highest BCUT2D eigenvalue weighted by molar-refractivity contribution is 6.38. The van der Waals surface area contributed by atoms with Crippen molar-refractivity contribution >= 4 is 45.7 Å². The summed E-state index contributed by atoms with van der Waals surface area (Å²) >= 11 is 12.1. The number of benzene rings is 2. The molecule has 2 aromatic carbocycles. The minimum absolute atomic E-state index is 0.0938. The number of ether oxygens (including phenoxy) is 1. The van der Waals surface area contributed by atoms with Crippen LogP contribution in [0.1, 0.15) is 26.3 Å². The first-order valence-electron chi connectivity index (χ1n) is 8.92. The van der Waals surface area contributed by atoms with E-state index in [1.54, 1.807) is 0 Å². The van der Waals surface area contributed by atoms with Gasteiger partial charge in [0.25, 0.3) is 5.56 Å². The van der Waals surface area contributed by atoms with Crippen molar-refractivity contribution in [2.24, 2.45) is 0 Å². The number of nitrogens with zero attached hydrogens (tertiary/aromatic N) is 2. The van der Waals surface area contributed by atoms with Gasteiger partial charge in [-0.25, -0.2) is 4.98 Å². The highest BCUT2D eigenvalue weighted by Crippen LogP contribution is 2.31. The average molecular weight is 434 g/mol. The van der Waals surface area contributed by atoms with E-state index >= 15 is 0 Å². The largest absolute Gasteiger partial charge is 0.495 e. The maximum atomic E-state index is 12.7. The lowest BCUT2D eigenvalue weighted by Gasteiger charge is -2.21. The molecule has 1 heterocycles. The van der Waals surface area contributed by atoms with Gasteiger partial charge in [0.2, 0.25) is 5.91 Å². The second-order valence-electron chi connectivity index (χ2n) is 7.67. The summed E-state index contributed by atoms with van der Waals surface area (Å²) in [5.41, 5.74) is 1.44. The first-order chi connectivity index (χ1) is 13.6. The van der Waals surface area contributed by atoms with E-state index in [1.807, 2.05) is 18.2 Å². The van der Waals surface area contributed by atoms with Crippen molar-refractivity contribution in [2.45, 2.75) is 32.7 Å². The Morgan fingerprint density at radius 1 is 1.21 bits per heavy atom. The molecule has 0 spiro atoms. The van der Waals surface area contributed by atoms with Gasteiger partial charge >= 0.3 is 0 Å². The molecular formula is C21H21Cl2N3O3. The summed E-state index contributed by atoms with van der Waals surface area (Å²) in [6.45, 7) is 6.03. The van der Waals surface area contributed by atoms with Crippen molar-refractivity contribution in [2.75, 3.05) is 12.4 Å². The number of fused-ring (bicyclic) bond motifs is 1. The van der Waals surface area contributed by atoms with E-state index in [0.717, 1.165) is 5.56 Å². The number of carbonyl (C=O) groups is 1. The zero-order chi connectivity index (χ0) is 21.3. The monoisotopic (exact) mass is 433 g/mol. The van der Waals surface area contributed by atoms with Crippen LogP contribution in [0.25, 0.3) is 10.9 Å². The quantitative estimate of drug-likeness (QED) is 0.649. The molecule has 0 atom stereocenters. The van der Waals surface area contributed by atoms with Gasteiger partial charge in [-0.3, -0.25) is 14.2 Å². The van der Waals surface area contributed by atoms with E-state index in [4.69, 9.17) is 27.9 Å². The van der Waals surface area contributed by atoms with Crippen molar-refractivity contribution in [3.63, 3.8) is 0 Å². The third-order valence-electron chi connectivity index (χ3n) is 4.50. The average Bonchev–Trinajstić information content (AvgIpc) is 2.63. The lowest BCUT2D eigenvalue weighted by atomic mass is 9.87. The molecule has 1 amide bonds. The zero-order valence-corrected chi connectivity index (χ0v) is 18.1. The summed E-state index contributed by atoms with van der Waals surface area (Å²) in [5.74, 6) is 0.152. The second-order valence-corrected chi connectivity index (χ2v) is 8.52. The molecule has 0 aliphatic carbocycles. The first-order valence-corrected chi connectivity index (χ1v) is 9.68. The van der Waals surface area contributed by atoms with E-state index in [0.29, 0.717) is 22.0 Å². The molecule has 1 aromatic heterocycles. The third kappa shape index (κ3) is 4.54. The van der Waals surface area contributed by atoms with Gasteiger partial charge in [0.15, 0.2) is 0 Å². The van der Waals surface area contributed by atoms with Crippen LogP contribution in [-0.2, 0) is 16.8 Å². The van der Waals surface area contributed by atoms with Crippen molar-refractivity contribution in [3.05, 3.63) is 62.6 Å². The molecule has 29 heavy (non-hydrogen) atoms. The van der Waals surface area contributed by atoms with E-state index in [1.165, 1.54) is 30.1 Å². The number of hydrogen-bond acceptors (Lipinski definition) is 4. The molecule has 0 unspecified atom stereocenters. The summed E-state index contributed by atoms with van der Waals surface area (Å²) in [7, 11) is 1.53. The van der Waals surface area contributed by atoms with Gasteiger partial charge < -0.3 is 10.1 Å². The fourth-order valence-corrected chi connectivity index (χ4v) is 3.47. The lowest BCUT2D eigenvalue weighted by molar-refractivity contribution is -0.116. The molecule has 0 aliphatic rings. The van der Waals surface area contributed by atoms with Gasteiger partial charge in [0, 0.05) is 5.02 Å². The fourth-order valence-electron chi connectivity index (χ4n) is 2.92. The van der Waals surface area contributed by atoms with Gasteiger partial charge in [-0.1, -0.05) is 50.0 Å². The molecule has 0 radical (unpaired) electrons. The zero-order valence-electron chi connectivity index (χ0n) is 16.5. The van der Waals surface area contributed by atoms with Crippen LogP contribution in [0.5, 0.6) is 5.75 Å². The van der Waals surface area contributed by atoms with Crippen LogP contribution in [0.4, 0.5) is 5.69 Å². The Labute approximate surface area is 178 Å². The number of aromatic nitrogens is 2.